The van der Waals surface area contributed by atoms with Crippen molar-refractivity contribution in [2.45, 2.75) is 13.8 Å². The van der Waals surface area contributed by atoms with Crippen LogP contribution in [0.25, 0.3) is 11.1 Å². The summed E-state index contributed by atoms with van der Waals surface area (Å²) in [6, 6.07) is 7.10. The van der Waals surface area contributed by atoms with Crippen LogP contribution in [0.2, 0.25) is 0 Å². The van der Waals surface area contributed by atoms with Crippen LogP contribution in [0.5, 0.6) is 17.2 Å². The third-order valence-corrected chi connectivity index (χ3v) is 3.68. The molecule has 128 valence electrons. The normalized spacial score (nSPS) is 10.2. The SMILES string of the molecule is CCN(CC)C(=O)Oc1cc(OC)cc(OC)c1-c1ccncc1. The summed E-state index contributed by atoms with van der Waals surface area (Å²) in [5.74, 6) is 1.49. The predicted octanol–water partition coefficient (Wildman–Crippen LogP) is 3.61. The Bertz CT molecular complexity index is 685. The van der Waals surface area contributed by atoms with E-state index in [9.17, 15) is 4.79 Å². The number of methoxy groups -OCH3 is 2. The Morgan fingerprint density at radius 1 is 1.04 bits per heavy atom. The number of pyridine rings is 1. The molecule has 0 N–H and O–H groups in total. The number of carbonyl (C=O) groups is 1. The second-order valence-electron chi connectivity index (χ2n) is 4.98. The third kappa shape index (κ3) is 3.76. The fourth-order valence-electron chi connectivity index (χ4n) is 2.37. The van der Waals surface area contributed by atoms with Gasteiger partial charge in [-0.2, -0.15) is 0 Å². The molecule has 1 aromatic carbocycles. The lowest BCUT2D eigenvalue weighted by molar-refractivity contribution is 0.157. The average Bonchev–Trinajstić information content (AvgIpc) is 2.62. The van der Waals surface area contributed by atoms with Gasteiger partial charge < -0.3 is 19.1 Å². The molecule has 0 aliphatic heterocycles. The van der Waals surface area contributed by atoms with Gasteiger partial charge >= 0.3 is 6.09 Å². The van der Waals surface area contributed by atoms with E-state index in [0.717, 1.165) is 5.56 Å². The number of aromatic nitrogens is 1. The van der Waals surface area contributed by atoms with E-state index in [1.54, 1.807) is 43.6 Å². The second kappa shape index (κ2) is 8.19. The number of amides is 1. The Morgan fingerprint density at radius 3 is 2.21 bits per heavy atom. The summed E-state index contributed by atoms with van der Waals surface area (Å²) in [6.07, 6.45) is 2.94. The van der Waals surface area contributed by atoms with Crippen LogP contribution in [0.15, 0.2) is 36.7 Å². The molecular formula is C18H22N2O4. The highest BCUT2D eigenvalue weighted by Crippen LogP contribution is 2.41. The lowest BCUT2D eigenvalue weighted by atomic mass is 10.0. The minimum atomic E-state index is -0.411. The van der Waals surface area contributed by atoms with Crippen molar-refractivity contribution < 1.29 is 19.0 Å². The summed E-state index contributed by atoms with van der Waals surface area (Å²) >= 11 is 0. The highest BCUT2D eigenvalue weighted by atomic mass is 16.6. The summed E-state index contributed by atoms with van der Waals surface area (Å²) in [6.45, 7) is 4.95. The molecule has 0 radical (unpaired) electrons. The van der Waals surface area contributed by atoms with E-state index in [4.69, 9.17) is 14.2 Å². The molecule has 6 nitrogen and oxygen atoms in total. The lowest BCUT2D eigenvalue weighted by Crippen LogP contribution is -2.33. The fourth-order valence-corrected chi connectivity index (χ4v) is 2.37. The maximum Gasteiger partial charge on any atom is 0.415 e. The van der Waals surface area contributed by atoms with E-state index >= 15 is 0 Å². The molecule has 0 aliphatic carbocycles. The number of rotatable bonds is 6. The summed E-state index contributed by atoms with van der Waals surface area (Å²) in [7, 11) is 3.12. The molecule has 1 amide bonds. The van der Waals surface area contributed by atoms with Crippen LogP contribution in [0, 0.1) is 0 Å². The van der Waals surface area contributed by atoms with E-state index in [2.05, 4.69) is 4.98 Å². The van der Waals surface area contributed by atoms with Crippen molar-refractivity contribution in [2.75, 3.05) is 27.3 Å². The number of hydrogen-bond donors (Lipinski definition) is 0. The molecule has 0 aliphatic rings. The summed E-state index contributed by atoms with van der Waals surface area (Å²) in [5, 5.41) is 0. The highest BCUT2D eigenvalue weighted by molar-refractivity contribution is 5.82. The summed E-state index contributed by atoms with van der Waals surface area (Å²) < 4.78 is 16.4. The Labute approximate surface area is 142 Å². The first-order chi connectivity index (χ1) is 11.6. The standard InChI is InChI=1S/C18H22N2O4/c1-5-20(6-2)18(21)24-16-12-14(22-3)11-15(23-4)17(16)13-7-9-19-10-8-13/h7-12H,5-6H2,1-4H3. The Balaban J connectivity index is 2.53. The first-order valence-corrected chi connectivity index (χ1v) is 7.77. The Kier molecular flexibility index (Phi) is 6.01. The van der Waals surface area contributed by atoms with Crippen molar-refractivity contribution in [2.24, 2.45) is 0 Å². The molecule has 24 heavy (non-hydrogen) atoms. The van der Waals surface area contributed by atoms with Gasteiger partial charge in [-0.25, -0.2) is 4.79 Å². The molecule has 0 saturated heterocycles. The number of carbonyl (C=O) groups excluding carboxylic acids is 1. The van der Waals surface area contributed by atoms with Crippen LogP contribution in [0.3, 0.4) is 0 Å². The van der Waals surface area contributed by atoms with Crippen LogP contribution in [0.1, 0.15) is 13.8 Å². The minimum Gasteiger partial charge on any atom is -0.496 e. The maximum atomic E-state index is 12.4. The first-order valence-electron chi connectivity index (χ1n) is 7.77. The zero-order valence-corrected chi connectivity index (χ0v) is 14.4. The van der Waals surface area contributed by atoms with Crippen molar-refractivity contribution in [1.82, 2.24) is 9.88 Å². The van der Waals surface area contributed by atoms with Crippen LogP contribution in [-0.2, 0) is 0 Å². The number of hydrogen-bond acceptors (Lipinski definition) is 5. The average molecular weight is 330 g/mol. The van der Waals surface area contributed by atoms with E-state index in [0.29, 0.717) is 35.9 Å². The predicted molar refractivity (Wildman–Crippen MR) is 91.7 cm³/mol. The molecule has 0 saturated carbocycles. The van der Waals surface area contributed by atoms with Crippen LogP contribution < -0.4 is 14.2 Å². The van der Waals surface area contributed by atoms with Gasteiger partial charge in [-0.1, -0.05) is 0 Å². The zero-order chi connectivity index (χ0) is 17.5. The Morgan fingerprint density at radius 2 is 1.67 bits per heavy atom. The molecule has 1 aromatic heterocycles. The van der Waals surface area contributed by atoms with Gasteiger partial charge in [0.1, 0.15) is 17.2 Å². The summed E-state index contributed by atoms with van der Waals surface area (Å²) in [4.78, 5) is 18.0. The van der Waals surface area contributed by atoms with Gasteiger partial charge in [0.15, 0.2) is 0 Å². The second-order valence-corrected chi connectivity index (χ2v) is 4.98. The molecular weight excluding hydrogens is 308 g/mol. The first kappa shape index (κ1) is 17.6. The molecule has 2 aromatic rings. The van der Waals surface area contributed by atoms with Crippen molar-refractivity contribution in [3.8, 4) is 28.4 Å². The number of nitrogens with zero attached hydrogens (tertiary/aromatic N) is 2. The monoisotopic (exact) mass is 330 g/mol. The van der Waals surface area contributed by atoms with Gasteiger partial charge in [-0.05, 0) is 31.5 Å². The van der Waals surface area contributed by atoms with Crippen molar-refractivity contribution >= 4 is 6.09 Å². The van der Waals surface area contributed by atoms with Gasteiger partial charge in [-0.3, -0.25) is 4.98 Å². The zero-order valence-electron chi connectivity index (χ0n) is 14.4. The van der Waals surface area contributed by atoms with Gasteiger partial charge in [0.25, 0.3) is 0 Å². The van der Waals surface area contributed by atoms with E-state index in [1.165, 1.54) is 0 Å². The van der Waals surface area contributed by atoms with E-state index in [-0.39, 0.29) is 0 Å². The molecule has 2 rings (SSSR count). The topological polar surface area (TPSA) is 60.9 Å². The van der Waals surface area contributed by atoms with Gasteiger partial charge in [0, 0.05) is 37.6 Å². The van der Waals surface area contributed by atoms with Crippen LogP contribution >= 0.6 is 0 Å². The van der Waals surface area contributed by atoms with Gasteiger partial charge in [-0.15, -0.1) is 0 Å². The molecule has 0 atom stereocenters. The largest absolute Gasteiger partial charge is 0.496 e. The molecule has 0 bridgehead atoms. The third-order valence-electron chi connectivity index (χ3n) is 3.68. The number of benzene rings is 1. The van der Waals surface area contributed by atoms with Crippen molar-refractivity contribution in [1.29, 1.82) is 0 Å². The summed E-state index contributed by atoms with van der Waals surface area (Å²) in [5.41, 5.74) is 1.52. The van der Waals surface area contributed by atoms with Crippen molar-refractivity contribution in [3.63, 3.8) is 0 Å². The quantitative estimate of drug-likeness (QED) is 0.810. The fraction of sp³-hybridized carbons (Fsp3) is 0.333. The maximum absolute atomic E-state index is 12.4. The van der Waals surface area contributed by atoms with E-state index in [1.807, 2.05) is 26.0 Å². The van der Waals surface area contributed by atoms with Crippen molar-refractivity contribution in [3.05, 3.63) is 36.7 Å². The highest BCUT2D eigenvalue weighted by Gasteiger charge is 2.20. The molecule has 0 unspecified atom stereocenters. The van der Waals surface area contributed by atoms with E-state index < -0.39 is 6.09 Å². The molecule has 0 fully saturated rings. The Hall–Kier alpha value is -2.76. The van der Waals surface area contributed by atoms with Crippen LogP contribution in [0.4, 0.5) is 4.79 Å². The van der Waals surface area contributed by atoms with Gasteiger partial charge in [0.05, 0.1) is 19.8 Å². The lowest BCUT2D eigenvalue weighted by Gasteiger charge is -2.20. The molecule has 6 heteroatoms. The van der Waals surface area contributed by atoms with Crippen LogP contribution in [-0.4, -0.2) is 43.3 Å². The minimum absolute atomic E-state index is 0.384. The molecule has 0 spiro atoms. The molecule has 1 heterocycles. The smallest absolute Gasteiger partial charge is 0.415 e. The van der Waals surface area contributed by atoms with Gasteiger partial charge in [0.2, 0.25) is 0 Å². The number of ether oxygens (including phenoxy) is 3.